The SMILES string of the molecule is CCc1ccccc1N/N=C/c1cc(OC)c(OC)c(OC)c1. The summed E-state index contributed by atoms with van der Waals surface area (Å²) in [5.74, 6) is 1.76. The molecule has 0 unspecified atom stereocenters. The van der Waals surface area contributed by atoms with Gasteiger partial charge in [0, 0.05) is 5.56 Å². The lowest BCUT2D eigenvalue weighted by Gasteiger charge is -2.12. The van der Waals surface area contributed by atoms with Crippen LogP contribution in [-0.4, -0.2) is 27.5 Å². The normalized spacial score (nSPS) is 10.6. The van der Waals surface area contributed by atoms with Gasteiger partial charge in [-0.1, -0.05) is 25.1 Å². The molecule has 122 valence electrons. The molecule has 5 heteroatoms. The van der Waals surface area contributed by atoms with Crippen LogP contribution in [-0.2, 0) is 6.42 Å². The van der Waals surface area contributed by atoms with Crippen LogP contribution in [0.15, 0.2) is 41.5 Å². The minimum absolute atomic E-state index is 0.566. The van der Waals surface area contributed by atoms with Crippen LogP contribution in [0.2, 0.25) is 0 Å². The van der Waals surface area contributed by atoms with E-state index in [0.717, 1.165) is 17.7 Å². The molecule has 0 heterocycles. The molecule has 5 nitrogen and oxygen atoms in total. The van der Waals surface area contributed by atoms with Crippen LogP contribution in [0.3, 0.4) is 0 Å². The number of hydrazone groups is 1. The maximum absolute atomic E-state index is 5.33. The third-order valence-corrected chi connectivity index (χ3v) is 3.48. The van der Waals surface area contributed by atoms with Crippen LogP contribution < -0.4 is 19.6 Å². The molecule has 0 aliphatic carbocycles. The number of hydrogen-bond donors (Lipinski definition) is 1. The van der Waals surface area contributed by atoms with Gasteiger partial charge >= 0.3 is 0 Å². The second kappa shape index (κ2) is 8.08. The first kappa shape index (κ1) is 16.7. The Morgan fingerprint density at radius 3 is 2.22 bits per heavy atom. The lowest BCUT2D eigenvalue weighted by molar-refractivity contribution is 0.324. The molecule has 0 saturated carbocycles. The van der Waals surface area contributed by atoms with Crippen LogP contribution in [0.25, 0.3) is 0 Å². The van der Waals surface area contributed by atoms with E-state index < -0.39 is 0 Å². The molecule has 23 heavy (non-hydrogen) atoms. The molecule has 0 aliphatic heterocycles. The maximum atomic E-state index is 5.33. The smallest absolute Gasteiger partial charge is 0.203 e. The fourth-order valence-electron chi connectivity index (χ4n) is 2.29. The summed E-state index contributed by atoms with van der Waals surface area (Å²) in [6.45, 7) is 2.11. The highest BCUT2D eigenvalue weighted by Crippen LogP contribution is 2.37. The zero-order valence-electron chi connectivity index (χ0n) is 13.9. The summed E-state index contributed by atoms with van der Waals surface area (Å²) in [5, 5.41) is 4.30. The fourth-order valence-corrected chi connectivity index (χ4v) is 2.29. The van der Waals surface area contributed by atoms with Gasteiger partial charge in [-0.25, -0.2) is 0 Å². The van der Waals surface area contributed by atoms with Gasteiger partial charge in [-0.15, -0.1) is 0 Å². The van der Waals surface area contributed by atoms with Crippen molar-refractivity contribution in [1.82, 2.24) is 0 Å². The van der Waals surface area contributed by atoms with Crippen LogP contribution in [0.4, 0.5) is 5.69 Å². The van der Waals surface area contributed by atoms with Crippen LogP contribution in [0.5, 0.6) is 17.2 Å². The van der Waals surface area contributed by atoms with E-state index in [1.54, 1.807) is 27.5 Å². The number of aryl methyl sites for hydroxylation is 1. The van der Waals surface area contributed by atoms with Crippen LogP contribution >= 0.6 is 0 Å². The predicted octanol–water partition coefficient (Wildman–Crippen LogP) is 3.72. The molecule has 1 N–H and O–H groups in total. The van der Waals surface area contributed by atoms with Crippen LogP contribution in [0, 0.1) is 0 Å². The highest BCUT2D eigenvalue weighted by atomic mass is 16.5. The second-order valence-electron chi connectivity index (χ2n) is 4.84. The van der Waals surface area contributed by atoms with E-state index in [1.807, 2.05) is 30.3 Å². The topological polar surface area (TPSA) is 52.1 Å². The summed E-state index contributed by atoms with van der Waals surface area (Å²) < 4.78 is 16.0. The first-order valence-corrected chi connectivity index (χ1v) is 7.40. The Bertz CT molecular complexity index is 659. The molecule has 0 aromatic heterocycles. The Hall–Kier alpha value is -2.69. The van der Waals surface area contributed by atoms with Gasteiger partial charge < -0.3 is 14.2 Å². The first-order chi connectivity index (χ1) is 11.2. The zero-order chi connectivity index (χ0) is 16.7. The van der Waals surface area contributed by atoms with Crippen molar-refractivity contribution in [3.63, 3.8) is 0 Å². The largest absolute Gasteiger partial charge is 0.493 e. The quantitative estimate of drug-likeness (QED) is 0.625. The summed E-state index contributed by atoms with van der Waals surface area (Å²) in [4.78, 5) is 0. The third-order valence-electron chi connectivity index (χ3n) is 3.48. The zero-order valence-corrected chi connectivity index (χ0v) is 13.9. The lowest BCUT2D eigenvalue weighted by atomic mass is 10.1. The van der Waals surface area contributed by atoms with Crippen molar-refractivity contribution in [3.05, 3.63) is 47.5 Å². The summed E-state index contributed by atoms with van der Waals surface area (Å²) in [7, 11) is 4.76. The first-order valence-electron chi connectivity index (χ1n) is 7.40. The van der Waals surface area contributed by atoms with E-state index in [-0.39, 0.29) is 0 Å². The number of rotatable bonds is 7. The fraction of sp³-hybridized carbons (Fsp3) is 0.278. The summed E-state index contributed by atoms with van der Waals surface area (Å²) in [5.41, 5.74) is 6.14. The van der Waals surface area contributed by atoms with E-state index in [2.05, 4.69) is 23.5 Å². The van der Waals surface area contributed by atoms with Gasteiger partial charge in [0.1, 0.15) is 0 Å². The number of methoxy groups -OCH3 is 3. The average molecular weight is 314 g/mol. The highest BCUT2D eigenvalue weighted by Gasteiger charge is 2.12. The average Bonchev–Trinajstić information content (AvgIpc) is 2.61. The van der Waals surface area contributed by atoms with E-state index in [9.17, 15) is 0 Å². The number of benzene rings is 2. The molecule has 2 rings (SSSR count). The number of ether oxygens (including phenoxy) is 3. The number of anilines is 1. The second-order valence-corrected chi connectivity index (χ2v) is 4.84. The molecule has 0 radical (unpaired) electrons. The molecule has 0 saturated heterocycles. The van der Waals surface area contributed by atoms with Gasteiger partial charge in [-0.05, 0) is 30.2 Å². The van der Waals surface area contributed by atoms with Crippen molar-refractivity contribution in [1.29, 1.82) is 0 Å². The van der Waals surface area contributed by atoms with E-state index in [1.165, 1.54) is 5.56 Å². The summed E-state index contributed by atoms with van der Waals surface area (Å²) >= 11 is 0. The molecule has 0 aliphatic rings. The highest BCUT2D eigenvalue weighted by molar-refractivity contribution is 5.83. The van der Waals surface area contributed by atoms with Gasteiger partial charge in [0.25, 0.3) is 0 Å². The molecule has 0 fully saturated rings. The van der Waals surface area contributed by atoms with Crippen LogP contribution in [0.1, 0.15) is 18.1 Å². The Morgan fingerprint density at radius 2 is 1.65 bits per heavy atom. The van der Waals surface area contributed by atoms with E-state index >= 15 is 0 Å². The van der Waals surface area contributed by atoms with E-state index in [0.29, 0.717) is 17.2 Å². The number of hydrogen-bond acceptors (Lipinski definition) is 5. The number of para-hydroxylation sites is 1. The maximum Gasteiger partial charge on any atom is 0.203 e. The van der Waals surface area contributed by atoms with Gasteiger partial charge in [0.15, 0.2) is 11.5 Å². The Morgan fingerprint density at radius 1 is 1.00 bits per heavy atom. The minimum Gasteiger partial charge on any atom is -0.493 e. The van der Waals surface area contributed by atoms with Crippen molar-refractivity contribution in [2.75, 3.05) is 26.8 Å². The lowest BCUT2D eigenvalue weighted by Crippen LogP contribution is -1.98. The predicted molar refractivity (Wildman–Crippen MR) is 93.1 cm³/mol. The molecule has 0 amide bonds. The van der Waals surface area contributed by atoms with Gasteiger partial charge in [0.05, 0.1) is 33.2 Å². The number of nitrogens with zero attached hydrogens (tertiary/aromatic N) is 1. The Kier molecular flexibility index (Phi) is 5.86. The van der Waals surface area contributed by atoms with Gasteiger partial charge in [0.2, 0.25) is 5.75 Å². The molecule has 0 bridgehead atoms. The molecule has 2 aromatic rings. The van der Waals surface area contributed by atoms with Gasteiger partial charge in [-0.3, -0.25) is 5.43 Å². The monoisotopic (exact) mass is 314 g/mol. The van der Waals surface area contributed by atoms with Crippen molar-refractivity contribution >= 4 is 11.9 Å². The standard InChI is InChI=1S/C18H22N2O3/c1-5-14-8-6-7-9-15(14)20-19-12-13-10-16(21-2)18(23-4)17(11-13)22-3/h6-12,20H,5H2,1-4H3/b19-12+. The molecule has 0 spiro atoms. The number of nitrogens with one attached hydrogen (secondary N) is 1. The molecule has 0 atom stereocenters. The Labute approximate surface area is 136 Å². The Balaban J connectivity index is 2.22. The molecule has 2 aromatic carbocycles. The van der Waals surface area contributed by atoms with E-state index in [4.69, 9.17) is 14.2 Å². The molecular formula is C18H22N2O3. The van der Waals surface area contributed by atoms with Crippen molar-refractivity contribution in [2.45, 2.75) is 13.3 Å². The van der Waals surface area contributed by atoms with Crippen molar-refractivity contribution in [3.8, 4) is 17.2 Å². The molecular weight excluding hydrogens is 292 g/mol. The third kappa shape index (κ3) is 3.94. The summed E-state index contributed by atoms with van der Waals surface area (Å²) in [6, 6.07) is 11.8. The minimum atomic E-state index is 0.566. The van der Waals surface area contributed by atoms with Crippen molar-refractivity contribution in [2.24, 2.45) is 5.10 Å². The van der Waals surface area contributed by atoms with Crippen molar-refractivity contribution < 1.29 is 14.2 Å². The van der Waals surface area contributed by atoms with Gasteiger partial charge in [-0.2, -0.15) is 5.10 Å². The summed E-state index contributed by atoms with van der Waals surface area (Å²) in [6.07, 6.45) is 2.67.